The maximum absolute atomic E-state index is 12.9. The zero-order valence-corrected chi connectivity index (χ0v) is 18.3. The van der Waals surface area contributed by atoms with Crippen molar-refractivity contribution in [2.45, 2.75) is 39.7 Å². The number of aryl methyl sites for hydroxylation is 1. The Morgan fingerprint density at radius 1 is 1.10 bits per heavy atom. The number of aliphatic hydroxyl groups is 1. The van der Waals surface area contributed by atoms with Crippen molar-refractivity contribution in [2.24, 2.45) is 0 Å². The highest BCUT2D eigenvalue weighted by Gasteiger charge is 2.19. The van der Waals surface area contributed by atoms with Gasteiger partial charge in [-0.1, -0.05) is 45.0 Å². The summed E-state index contributed by atoms with van der Waals surface area (Å²) in [4.78, 5) is 17.6. The van der Waals surface area contributed by atoms with Gasteiger partial charge in [-0.2, -0.15) is 9.78 Å². The van der Waals surface area contributed by atoms with E-state index in [2.05, 4.69) is 31.2 Å². The Labute approximate surface area is 181 Å². The van der Waals surface area contributed by atoms with Crippen LogP contribution in [0.1, 0.15) is 42.4 Å². The van der Waals surface area contributed by atoms with Crippen LogP contribution in [0.15, 0.2) is 54.6 Å². The number of aromatic nitrogens is 4. The minimum Gasteiger partial charge on any atom is -0.395 e. The molecule has 1 amide bonds. The molecule has 0 aliphatic carbocycles. The zero-order chi connectivity index (χ0) is 22.2. The fraction of sp³-hybridized carbons (Fsp3) is 0.292. The van der Waals surface area contributed by atoms with Gasteiger partial charge in [-0.3, -0.25) is 4.79 Å². The SMILES string of the molecule is Cc1cc(NC(=O)c2ccc(C(C)(C)C)cc2)n(-c2nc3ccccc3n2CCO)n1. The van der Waals surface area contributed by atoms with E-state index < -0.39 is 0 Å². The van der Waals surface area contributed by atoms with Crippen molar-refractivity contribution in [3.8, 4) is 5.95 Å². The largest absolute Gasteiger partial charge is 0.395 e. The lowest BCUT2D eigenvalue weighted by Gasteiger charge is -2.19. The topological polar surface area (TPSA) is 85.0 Å². The van der Waals surface area contributed by atoms with Gasteiger partial charge in [0.15, 0.2) is 0 Å². The van der Waals surface area contributed by atoms with Crippen LogP contribution < -0.4 is 5.32 Å². The van der Waals surface area contributed by atoms with Gasteiger partial charge in [0, 0.05) is 18.2 Å². The van der Waals surface area contributed by atoms with Gasteiger partial charge in [0.2, 0.25) is 5.95 Å². The van der Waals surface area contributed by atoms with Crippen molar-refractivity contribution in [2.75, 3.05) is 11.9 Å². The van der Waals surface area contributed by atoms with Crippen molar-refractivity contribution >= 4 is 22.8 Å². The molecular formula is C24H27N5O2. The normalized spacial score (nSPS) is 11.8. The maximum Gasteiger partial charge on any atom is 0.256 e. The highest BCUT2D eigenvalue weighted by molar-refractivity contribution is 6.04. The van der Waals surface area contributed by atoms with E-state index in [1.807, 2.05) is 66.1 Å². The first-order valence-electron chi connectivity index (χ1n) is 10.3. The van der Waals surface area contributed by atoms with E-state index in [4.69, 9.17) is 4.98 Å². The molecular weight excluding hydrogens is 390 g/mol. The molecule has 2 aromatic carbocycles. The highest BCUT2D eigenvalue weighted by atomic mass is 16.3. The fourth-order valence-electron chi connectivity index (χ4n) is 3.60. The number of rotatable bonds is 5. The molecule has 4 aromatic rings. The Morgan fingerprint density at radius 3 is 2.48 bits per heavy atom. The number of benzene rings is 2. The summed E-state index contributed by atoms with van der Waals surface area (Å²) in [5.74, 6) is 0.852. The number of para-hydroxylation sites is 2. The van der Waals surface area contributed by atoms with Gasteiger partial charge in [-0.25, -0.2) is 4.98 Å². The number of fused-ring (bicyclic) bond motifs is 1. The lowest BCUT2D eigenvalue weighted by atomic mass is 9.87. The average molecular weight is 418 g/mol. The Balaban J connectivity index is 1.69. The van der Waals surface area contributed by atoms with Gasteiger partial charge in [-0.05, 0) is 42.2 Å². The molecule has 7 heteroatoms. The number of imidazole rings is 1. The third kappa shape index (κ3) is 4.09. The average Bonchev–Trinajstić information content (AvgIpc) is 3.28. The van der Waals surface area contributed by atoms with Crippen LogP contribution in [0.3, 0.4) is 0 Å². The molecule has 0 fully saturated rings. The number of nitrogens with zero attached hydrogens (tertiary/aromatic N) is 4. The number of carbonyl (C=O) groups is 1. The molecule has 2 N–H and O–H groups in total. The molecule has 0 spiro atoms. The minimum atomic E-state index is -0.216. The number of amides is 1. The molecule has 0 aliphatic rings. The summed E-state index contributed by atoms with van der Waals surface area (Å²) in [7, 11) is 0. The summed E-state index contributed by atoms with van der Waals surface area (Å²) in [5.41, 5.74) is 4.21. The molecule has 0 saturated heterocycles. The minimum absolute atomic E-state index is 0.0243. The second-order valence-electron chi connectivity index (χ2n) is 8.64. The lowest BCUT2D eigenvalue weighted by Crippen LogP contribution is -2.18. The summed E-state index contributed by atoms with van der Waals surface area (Å²) in [5, 5.41) is 17.1. The highest BCUT2D eigenvalue weighted by Crippen LogP contribution is 2.24. The van der Waals surface area contributed by atoms with E-state index in [0.29, 0.717) is 23.9 Å². The van der Waals surface area contributed by atoms with Crippen LogP contribution in [0.2, 0.25) is 0 Å². The van der Waals surface area contributed by atoms with Crippen molar-refractivity contribution in [1.82, 2.24) is 19.3 Å². The standard InChI is InChI=1S/C24H27N5O2/c1-16-15-21(26-22(31)17-9-11-18(12-10-17)24(2,3)4)29(27-16)23-25-19-7-5-6-8-20(19)28(23)13-14-30/h5-12,15,30H,13-14H2,1-4H3,(H,26,31). The van der Waals surface area contributed by atoms with Crippen LogP contribution in [0, 0.1) is 6.92 Å². The molecule has 0 atom stereocenters. The molecule has 7 nitrogen and oxygen atoms in total. The molecule has 0 aliphatic heterocycles. The molecule has 0 saturated carbocycles. The number of anilines is 1. The van der Waals surface area contributed by atoms with E-state index in [0.717, 1.165) is 16.7 Å². The van der Waals surface area contributed by atoms with Crippen LogP contribution in [-0.4, -0.2) is 37.0 Å². The second-order valence-corrected chi connectivity index (χ2v) is 8.64. The summed E-state index contributed by atoms with van der Waals surface area (Å²) in [6, 6.07) is 17.2. The maximum atomic E-state index is 12.9. The van der Waals surface area contributed by atoms with E-state index >= 15 is 0 Å². The number of hydrogen-bond donors (Lipinski definition) is 2. The molecule has 160 valence electrons. The second kappa shape index (κ2) is 8.00. The predicted octanol–water partition coefficient (Wildman–Crippen LogP) is 4.07. The Kier molecular flexibility index (Phi) is 5.37. The van der Waals surface area contributed by atoms with Gasteiger partial charge < -0.3 is 15.0 Å². The smallest absolute Gasteiger partial charge is 0.256 e. The lowest BCUT2D eigenvalue weighted by molar-refractivity contribution is 0.102. The van der Waals surface area contributed by atoms with E-state index in [9.17, 15) is 9.90 Å². The third-order valence-corrected chi connectivity index (χ3v) is 5.23. The Bertz CT molecular complexity index is 1230. The van der Waals surface area contributed by atoms with E-state index in [-0.39, 0.29) is 17.9 Å². The molecule has 0 bridgehead atoms. The zero-order valence-electron chi connectivity index (χ0n) is 18.3. The first kappa shape index (κ1) is 20.8. The van der Waals surface area contributed by atoms with Gasteiger partial charge in [0.05, 0.1) is 23.3 Å². The molecule has 0 unspecified atom stereocenters. The Morgan fingerprint density at radius 2 is 1.81 bits per heavy atom. The number of nitrogens with one attached hydrogen (secondary N) is 1. The first-order chi connectivity index (χ1) is 14.8. The Hall–Kier alpha value is -3.45. The van der Waals surface area contributed by atoms with Crippen molar-refractivity contribution < 1.29 is 9.90 Å². The quantitative estimate of drug-likeness (QED) is 0.513. The molecule has 0 radical (unpaired) electrons. The van der Waals surface area contributed by atoms with Crippen LogP contribution in [0.5, 0.6) is 0 Å². The number of aliphatic hydroxyl groups excluding tert-OH is 1. The van der Waals surface area contributed by atoms with Crippen LogP contribution in [-0.2, 0) is 12.0 Å². The van der Waals surface area contributed by atoms with Gasteiger partial charge in [0.25, 0.3) is 5.91 Å². The first-order valence-corrected chi connectivity index (χ1v) is 10.3. The van der Waals surface area contributed by atoms with Crippen molar-refractivity contribution in [3.63, 3.8) is 0 Å². The van der Waals surface area contributed by atoms with E-state index in [1.165, 1.54) is 5.56 Å². The van der Waals surface area contributed by atoms with Gasteiger partial charge >= 0.3 is 0 Å². The van der Waals surface area contributed by atoms with Crippen molar-refractivity contribution in [1.29, 1.82) is 0 Å². The monoisotopic (exact) mass is 417 g/mol. The fourth-order valence-corrected chi connectivity index (χ4v) is 3.60. The van der Waals surface area contributed by atoms with Crippen LogP contribution in [0.4, 0.5) is 5.82 Å². The van der Waals surface area contributed by atoms with Gasteiger partial charge in [0.1, 0.15) is 5.82 Å². The van der Waals surface area contributed by atoms with Crippen LogP contribution >= 0.6 is 0 Å². The predicted molar refractivity (Wildman–Crippen MR) is 122 cm³/mol. The van der Waals surface area contributed by atoms with Crippen molar-refractivity contribution in [3.05, 3.63) is 71.4 Å². The molecule has 4 rings (SSSR count). The van der Waals surface area contributed by atoms with E-state index in [1.54, 1.807) is 4.68 Å². The summed E-state index contributed by atoms with van der Waals surface area (Å²) >= 11 is 0. The summed E-state index contributed by atoms with van der Waals surface area (Å²) in [6.45, 7) is 8.63. The molecule has 2 heterocycles. The third-order valence-electron chi connectivity index (χ3n) is 5.23. The number of hydrogen-bond acceptors (Lipinski definition) is 4. The van der Waals surface area contributed by atoms with Crippen LogP contribution in [0.25, 0.3) is 17.0 Å². The van der Waals surface area contributed by atoms with Gasteiger partial charge in [-0.15, -0.1) is 0 Å². The molecule has 31 heavy (non-hydrogen) atoms. The summed E-state index contributed by atoms with van der Waals surface area (Å²) < 4.78 is 3.52. The number of carbonyl (C=O) groups excluding carboxylic acids is 1. The molecule has 2 aromatic heterocycles. The summed E-state index contributed by atoms with van der Waals surface area (Å²) in [6.07, 6.45) is 0.